The number of carbonyl (C=O) groups is 1. The lowest BCUT2D eigenvalue weighted by molar-refractivity contribution is 0.0997. The van der Waals surface area contributed by atoms with Gasteiger partial charge in [0.15, 0.2) is 16.5 Å². The molecule has 0 saturated heterocycles. The number of para-hydroxylation sites is 2. The number of fused-ring (bicyclic) bond motifs is 2. The molecular formula is C20H13N3O2S. The van der Waals surface area contributed by atoms with Gasteiger partial charge in [0.05, 0.1) is 15.9 Å². The first-order valence-electron chi connectivity index (χ1n) is 8.11. The van der Waals surface area contributed by atoms with Crippen LogP contribution in [0.25, 0.3) is 31.9 Å². The molecule has 26 heavy (non-hydrogen) atoms. The van der Waals surface area contributed by atoms with Crippen molar-refractivity contribution in [2.24, 2.45) is 0 Å². The van der Waals surface area contributed by atoms with Gasteiger partial charge in [-0.2, -0.15) is 0 Å². The molecule has 0 saturated carbocycles. The maximum absolute atomic E-state index is 12.5. The molecule has 0 radical (unpaired) electrons. The zero-order chi connectivity index (χ0) is 17.5. The molecule has 0 bridgehead atoms. The van der Waals surface area contributed by atoms with Crippen molar-refractivity contribution in [2.75, 3.05) is 5.32 Å². The molecule has 1 amide bonds. The Balaban J connectivity index is 1.43. The average Bonchev–Trinajstić information content (AvgIpc) is 3.39. The standard InChI is InChI=1S/C20H13N3O2S/c24-19(22-15-11-21-13-6-2-1-5-12(13)15)16-9-10-17(25-16)20-23-14-7-3-4-8-18(14)26-20/h1-11,21H,(H,22,24). The van der Waals surface area contributed by atoms with Crippen LogP contribution in [0.4, 0.5) is 5.69 Å². The van der Waals surface area contributed by atoms with Gasteiger partial charge in [-0.1, -0.05) is 30.3 Å². The van der Waals surface area contributed by atoms with Crippen LogP contribution < -0.4 is 5.32 Å². The molecule has 0 aliphatic rings. The molecule has 126 valence electrons. The van der Waals surface area contributed by atoms with Gasteiger partial charge in [0.1, 0.15) is 0 Å². The molecule has 0 fully saturated rings. The third-order valence-electron chi connectivity index (χ3n) is 4.17. The second-order valence-corrected chi connectivity index (χ2v) is 6.88. The van der Waals surface area contributed by atoms with Gasteiger partial charge in [0, 0.05) is 17.1 Å². The van der Waals surface area contributed by atoms with Gasteiger partial charge in [0.25, 0.3) is 5.91 Å². The number of benzene rings is 2. The number of carbonyl (C=O) groups excluding carboxylic acids is 1. The average molecular weight is 359 g/mol. The number of anilines is 1. The van der Waals surface area contributed by atoms with Crippen molar-refractivity contribution in [3.8, 4) is 10.8 Å². The van der Waals surface area contributed by atoms with Gasteiger partial charge < -0.3 is 14.7 Å². The highest BCUT2D eigenvalue weighted by Gasteiger charge is 2.16. The molecule has 5 rings (SSSR count). The van der Waals surface area contributed by atoms with Crippen LogP contribution in [-0.4, -0.2) is 15.9 Å². The Morgan fingerprint density at radius 1 is 1.04 bits per heavy atom. The predicted octanol–water partition coefficient (Wildman–Crippen LogP) is 5.29. The zero-order valence-electron chi connectivity index (χ0n) is 13.5. The minimum atomic E-state index is -0.290. The lowest BCUT2D eigenvalue weighted by Crippen LogP contribution is -2.10. The number of amides is 1. The summed E-state index contributed by atoms with van der Waals surface area (Å²) in [6.07, 6.45) is 1.78. The van der Waals surface area contributed by atoms with E-state index in [4.69, 9.17) is 4.42 Å². The van der Waals surface area contributed by atoms with E-state index in [9.17, 15) is 4.79 Å². The number of nitrogens with zero attached hydrogens (tertiary/aromatic N) is 1. The monoisotopic (exact) mass is 359 g/mol. The van der Waals surface area contributed by atoms with Crippen LogP contribution in [0.1, 0.15) is 10.6 Å². The van der Waals surface area contributed by atoms with Crippen molar-refractivity contribution in [1.82, 2.24) is 9.97 Å². The zero-order valence-corrected chi connectivity index (χ0v) is 14.3. The molecule has 2 aromatic carbocycles. The summed E-state index contributed by atoms with van der Waals surface area (Å²) in [5.74, 6) is 0.557. The third-order valence-corrected chi connectivity index (χ3v) is 5.22. The number of H-pyrrole nitrogens is 1. The quantitative estimate of drug-likeness (QED) is 0.460. The Morgan fingerprint density at radius 3 is 2.81 bits per heavy atom. The molecular weight excluding hydrogens is 346 g/mol. The van der Waals surface area contributed by atoms with Gasteiger partial charge in [-0.15, -0.1) is 11.3 Å². The highest BCUT2D eigenvalue weighted by Crippen LogP contribution is 2.31. The van der Waals surface area contributed by atoms with Crippen molar-refractivity contribution in [3.63, 3.8) is 0 Å². The highest BCUT2D eigenvalue weighted by molar-refractivity contribution is 7.21. The van der Waals surface area contributed by atoms with Gasteiger partial charge in [-0.3, -0.25) is 4.79 Å². The second-order valence-electron chi connectivity index (χ2n) is 5.85. The fourth-order valence-electron chi connectivity index (χ4n) is 2.91. The fraction of sp³-hybridized carbons (Fsp3) is 0. The van der Waals surface area contributed by atoms with E-state index in [-0.39, 0.29) is 11.7 Å². The molecule has 0 unspecified atom stereocenters. The first kappa shape index (κ1) is 14.9. The maximum atomic E-state index is 12.5. The maximum Gasteiger partial charge on any atom is 0.291 e. The number of hydrogen-bond donors (Lipinski definition) is 2. The number of aromatic nitrogens is 2. The molecule has 0 aliphatic carbocycles. The smallest absolute Gasteiger partial charge is 0.291 e. The van der Waals surface area contributed by atoms with Crippen LogP contribution in [-0.2, 0) is 0 Å². The molecule has 2 N–H and O–H groups in total. The van der Waals surface area contributed by atoms with Gasteiger partial charge >= 0.3 is 0 Å². The van der Waals surface area contributed by atoms with E-state index < -0.39 is 0 Å². The van der Waals surface area contributed by atoms with Crippen LogP contribution in [0.15, 0.2) is 71.3 Å². The van der Waals surface area contributed by atoms with E-state index in [1.807, 2.05) is 48.5 Å². The summed E-state index contributed by atoms with van der Waals surface area (Å²) in [5, 5.41) is 4.61. The van der Waals surface area contributed by atoms with Crippen molar-refractivity contribution < 1.29 is 9.21 Å². The summed E-state index contributed by atoms with van der Waals surface area (Å²) in [6, 6.07) is 19.2. The topological polar surface area (TPSA) is 70.9 Å². The molecule has 5 aromatic rings. The Labute approximate surface area is 152 Å². The molecule has 3 heterocycles. The van der Waals surface area contributed by atoms with Gasteiger partial charge in [-0.05, 0) is 30.3 Å². The van der Waals surface area contributed by atoms with E-state index >= 15 is 0 Å². The minimum Gasteiger partial charge on any atom is -0.448 e. The van der Waals surface area contributed by atoms with Gasteiger partial charge in [0.2, 0.25) is 0 Å². The number of rotatable bonds is 3. The third kappa shape index (κ3) is 2.48. The van der Waals surface area contributed by atoms with Crippen LogP contribution in [0, 0.1) is 0 Å². The number of aromatic amines is 1. The first-order valence-corrected chi connectivity index (χ1v) is 8.93. The lowest BCUT2D eigenvalue weighted by Gasteiger charge is -2.01. The number of hydrogen-bond acceptors (Lipinski definition) is 4. The van der Waals surface area contributed by atoms with Gasteiger partial charge in [-0.25, -0.2) is 4.98 Å². The molecule has 6 heteroatoms. The highest BCUT2D eigenvalue weighted by atomic mass is 32.1. The summed E-state index contributed by atoms with van der Waals surface area (Å²) >= 11 is 1.54. The SMILES string of the molecule is O=C(Nc1c[nH]c2ccccc12)c1ccc(-c2nc3ccccc3s2)o1. The molecule has 0 spiro atoms. The molecule has 0 atom stereocenters. The van der Waals surface area contributed by atoms with Crippen LogP contribution >= 0.6 is 11.3 Å². The van der Waals surface area contributed by atoms with Crippen molar-refractivity contribution in [1.29, 1.82) is 0 Å². The van der Waals surface area contributed by atoms with E-state index in [1.54, 1.807) is 29.7 Å². The second kappa shape index (κ2) is 5.86. The number of thiazole rings is 1. The van der Waals surface area contributed by atoms with Crippen molar-refractivity contribution in [3.05, 3.63) is 72.6 Å². The van der Waals surface area contributed by atoms with E-state index in [0.29, 0.717) is 5.76 Å². The fourth-order valence-corrected chi connectivity index (χ4v) is 3.84. The Kier molecular flexibility index (Phi) is 3.36. The number of furan rings is 1. The summed E-state index contributed by atoms with van der Waals surface area (Å²) in [5.41, 5.74) is 2.62. The van der Waals surface area contributed by atoms with E-state index in [0.717, 1.165) is 31.8 Å². The minimum absolute atomic E-state index is 0.254. The Morgan fingerprint density at radius 2 is 1.88 bits per heavy atom. The molecule has 3 aromatic heterocycles. The van der Waals surface area contributed by atoms with E-state index in [2.05, 4.69) is 15.3 Å². The summed E-state index contributed by atoms with van der Waals surface area (Å²) in [4.78, 5) is 20.2. The van der Waals surface area contributed by atoms with Crippen molar-refractivity contribution in [2.45, 2.75) is 0 Å². The van der Waals surface area contributed by atoms with Crippen LogP contribution in [0.3, 0.4) is 0 Å². The Bertz CT molecular complexity index is 1220. The van der Waals surface area contributed by atoms with Crippen LogP contribution in [0.5, 0.6) is 0 Å². The first-order chi connectivity index (χ1) is 12.8. The normalized spacial score (nSPS) is 11.2. The molecule has 5 nitrogen and oxygen atoms in total. The lowest BCUT2D eigenvalue weighted by atomic mass is 10.2. The summed E-state index contributed by atoms with van der Waals surface area (Å²) < 4.78 is 6.83. The summed E-state index contributed by atoms with van der Waals surface area (Å²) in [7, 11) is 0. The molecule has 0 aliphatic heterocycles. The predicted molar refractivity (Wildman–Crippen MR) is 104 cm³/mol. The van der Waals surface area contributed by atoms with E-state index in [1.165, 1.54) is 0 Å². The largest absolute Gasteiger partial charge is 0.448 e. The Hall–Kier alpha value is -3.38. The number of nitrogens with one attached hydrogen (secondary N) is 2. The summed E-state index contributed by atoms with van der Waals surface area (Å²) in [6.45, 7) is 0. The van der Waals surface area contributed by atoms with Crippen LogP contribution in [0.2, 0.25) is 0 Å². The van der Waals surface area contributed by atoms with Crippen molar-refractivity contribution >= 4 is 44.1 Å².